The number of rotatable bonds is 6. The highest BCUT2D eigenvalue weighted by Crippen LogP contribution is 2.25. The molecule has 3 aromatic rings. The Morgan fingerprint density at radius 3 is 2.88 bits per heavy atom. The van der Waals surface area contributed by atoms with Crippen molar-refractivity contribution in [2.75, 3.05) is 18.2 Å². The van der Waals surface area contributed by atoms with Crippen LogP contribution in [0.15, 0.2) is 47.6 Å². The van der Waals surface area contributed by atoms with Gasteiger partial charge in [-0.25, -0.2) is 4.39 Å². The Bertz CT molecular complexity index is 931. The first-order chi connectivity index (χ1) is 12.6. The first kappa shape index (κ1) is 17.9. The molecule has 0 atom stereocenters. The number of nitrogens with zero attached hydrogens (tertiary/aromatic N) is 4. The zero-order valence-electron chi connectivity index (χ0n) is 14.1. The minimum absolute atomic E-state index is 0.0306. The van der Waals surface area contributed by atoms with Crippen LogP contribution in [0.25, 0.3) is 5.69 Å². The highest BCUT2D eigenvalue weighted by Gasteiger charge is 2.15. The molecule has 0 aliphatic rings. The maximum atomic E-state index is 13.8. The van der Waals surface area contributed by atoms with Crippen molar-refractivity contribution in [2.45, 2.75) is 12.1 Å². The summed E-state index contributed by atoms with van der Waals surface area (Å²) in [5, 5.41) is 14.5. The van der Waals surface area contributed by atoms with E-state index < -0.39 is 5.82 Å². The van der Waals surface area contributed by atoms with Crippen LogP contribution < -0.4 is 10.1 Å². The van der Waals surface area contributed by atoms with E-state index in [-0.39, 0.29) is 17.3 Å². The van der Waals surface area contributed by atoms with Gasteiger partial charge in [0.05, 0.1) is 18.6 Å². The first-order valence-corrected chi connectivity index (χ1v) is 8.67. The Hall–Kier alpha value is -2.94. The highest BCUT2D eigenvalue weighted by atomic mass is 32.2. The van der Waals surface area contributed by atoms with Gasteiger partial charge in [0.2, 0.25) is 11.1 Å². The van der Waals surface area contributed by atoms with Crippen molar-refractivity contribution in [3.05, 3.63) is 53.8 Å². The van der Waals surface area contributed by atoms with Gasteiger partial charge in [0.25, 0.3) is 0 Å². The van der Waals surface area contributed by atoms with Crippen molar-refractivity contribution in [2.24, 2.45) is 0 Å². The Morgan fingerprint density at radius 2 is 2.12 bits per heavy atom. The number of aromatic nitrogens is 4. The molecule has 2 aromatic carbocycles. The average molecular weight is 373 g/mol. The van der Waals surface area contributed by atoms with E-state index in [0.29, 0.717) is 16.6 Å². The second-order valence-electron chi connectivity index (χ2n) is 5.37. The third-order valence-electron chi connectivity index (χ3n) is 3.49. The molecule has 0 saturated heterocycles. The largest absolute Gasteiger partial charge is 0.494 e. The zero-order chi connectivity index (χ0) is 18.5. The normalized spacial score (nSPS) is 10.6. The topological polar surface area (TPSA) is 81.9 Å². The van der Waals surface area contributed by atoms with Crippen molar-refractivity contribution in [1.82, 2.24) is 20.2 Å². The fraction of sp³-hybridized carbons (Fsp3) is 0.176. The third kappa shape index (κ3) is 3.99. The number of aryl methyl sites for hydroxylation is 1. The molecule has 1 amide bonds. The Morgan fingerprint density at radius 1 is 1.31 bits per heavy atom. The zero-order valence-corrected chi connectivity index (χ0v) is 15.0. The van der Waals surface area contributed by atoms with Crippen molar-refractivity contribution in [1.29, 1.82) is 0 Å². The van der Waals surface area contributed by atoms with Crippen molar-refractivity contribution >= 4 is 23.4 Å². The van der Waals surface area contributed by atoms with E-state index in [9.17, 15) is 9.18 Å². The lowest BCUT2D eigenvalue weighted by Gasteiger charge is -2.09. The van der Waals surface area contributed by atoms with Crippen LogP contribution in [0.2, 0.25) is 0 Å². The maximum absolute atomic E-state index is 13.8. The summed E-state index contributed by atoms with van der Waals surface area (Å²) in [6, 6.07) is 11.9. The minimum Gasteiger partial charge on any atom is -0.494 e. The number of ether oxygens (including phenoxy) is 1. The molecule has 3 rings (SSSR count). The molecular formula is C17H16FN5O2S. The van der Waals surface area contributed by atoms with E-state index in [1.54, 1.807) is 32.2 Å². The van der Waals surface area contributed by atoms with Gasteiger partial charge in [-0.3, -0.25) is 4.79 Å². The van der Waals surface area contributed by atoms with E-state index in [0.717, 1.165) is 17.3 Å². The molecule has 0 fully saturated rings. The lowest BCUT2D eigenvalue weighted by atomic mass is 10.2. The van der Waals surface area contributed by atoms with Gasteiger partial charge in [-0.05, 0) is 47.2 Å². The molecule has 0 radical (unpaired) electrons. The number of hydrogen-bond donors (Lipinski definition) is 1. The van der Waals surface area contributed by atoms with Crippen LogP contribution in [0.1, 0.15) is 5.56 Å². The molecule has 0 spiro atoms. The number of anilines is 1. The highest BCUT2D eigenvalue weighted by molar-refractivity contribution is 7.99. The van der Waals surface area contributed by atoms with Crippen LogP contribution in [-0.4, -0.2) is 39.0 Å². The number of carbonyl (C=O) groups excluding carboxylic acids is 1. The predicted molar refractivity (Wildman–Crippen MR) is 96.2 cm³/mol. The fourth-order valence-electron chi connectivity index (χ4n) is 2.26. The van der Waals surface area contributed by atoms with Crippen LogP contribution >= 0.6 is 11.8 Å². The van der Waals surface area contributed by atoms with Gasteiger partial charge in [-0.15, -0.1) is 5.10 Å². The van der Waals surface area contributed by atoms with Gasteiger partial charge in [0.1, 0.15) is 17.3 Å². The molecule has 9 heteroatoms. The second-order valence-corrected chi connectivity index (χ2v) is 6.31. The Balaban J connectivity index is 1.69. The summed E-state index contributed by atoms with van der Waals surface area (Å²) < 4.78 is 20.6. The van der Waals surface area contributed by atoms with Crippen LogP contribution in [0.4, 0.5) is 10.1 Å². The molecule has 134 valence electrons. The maximum Gasteiger partial charge on any atom is 0.234 e. The molecule has 0 unspecified atom stereocenters. The van der Waals surface area contributed by atoms with Gasteiger partial charge in [-0.1, -0.05) is 30.0 Å². The van der Waals surface area contributed by atoms with Crippen molar-refractivity contribution in [3.8, 4) is 11.4 Å². The van der Waals surface area contributed by atoms with E-state index >= 15 is 0 Å². The summed E-state index contributed by atoms with van der Waals surface area (Å²) in [6.45, 7) is 1.78. The number of thioether (sulfide) groups is 1. The summed E-state index contributed by atoms with van der Waals surface area (Å²) in [7, 11) is 1.56. The van der Waals surface area contributed by atoms with Crippen molar-refractivity contribution in [3.63, 3.8) is 0 Å². The summed E-state index contributed by atoms with van der Waals surface area (Å²) in [4.78, 5) is 12.1. The average Bonchev–Trinajstić information content (AvgIpc) is 3.10. The second kappa shape index (κ2) is 7.96. The van der Waals surface area contributed by atoms with E-state index in [1.165, 1.54) is 16.8 Å². The number of halogens is 1. The van der Waals surface area contributed by atoms with Crippen molar-refractivity contribution < 1.29 is 13.9 Å². The van der Waals surface area contributed by atoms with E-state index in [4.69, 9.17) is 4.74 Å². The van der Waals surface area contributed by atoms with Gasteiger partial charge >= 0.3 is 0 Å². The third-order valence-corrected chi connectivity index (χ3v) is 4.40. The summed E-state index contributed by atoms with van der Waals surface area (Å²) in [5.74, 6) is -0.189. The lowest BCUT2D eigenvalue weighted by molar-refractivity contribution is -0.113. The van der Waals surface area contributed by atoms with Gasteiger partial charge in [0.15, 0.2) is 0 Å². The lowest BCUT2D eigenvalue weighted by Crippen LogP contribution is -2.15. The van der Waals surface area contributed by atoms with Crippen LogP contribution in [0.5, 0.6) is 5.75 Å². The predicted octanol–water partition coefficient (Wildman–Crippen LogP) is 2.85. The smallest absolute Gasteiger partial charge is 0.234 e. The number of hydrogen-bond acceptors (Lipinski definition) is 6. The molecule has 0 aliphatic carbocycles. The van der Waals surface area contributed by atoms with Crippen LogP contribution in [0, 0.1) is 12.7 Å². The molecule has 0 saturated carbocycles. The number of tetrazole rings is 1. The van der Waals surface area contributed by atoms with E-state index in [2.05, 4.69) is 20.8 Å². The Kier molecular flexibility index (Phi) is 5.47. The van der Waals surface area contributed by atoms with Gasteiger partial charge in [-0.2, -0.15) is 4.68 Å². The molecular weight excluding hydrogens is 357 g/mol. The molecule has 0 aliphatic heterocycles. The molecule has 1 N–H and O–H groups in total. The molecule has 0 bridgehead atoms. The summed E-state index contributed by atoms with van der Waals surface area (Å²) >= 11 is 1.14. The standard InChI is InChI=1S/C17H16FN5O2S/c1-11-7-8-13(12(18)9-11)19-16(24)10-26-17-20-21-22-23(17)14-5-3-4-6-15(14)25-2/h3-9H,10H2,1-2H3,(H,19,24). The molecule has 26 heavy (non-hydrogen) atoms. The number of methoxy groups -OCH3 is 1. The first-order valence-electron chi connectivity index (χ1n) is 7.69. The number of nitrogens with one attached hydrogen (secondary N) is 1. The van der Waals surface area contributed by atoms with Crippen LogP contribution in [0.3, 0.4) is 0 Å². The van der Waals surface area contributed by atoms with E-state index in [1.807, 2.05) is 12.1 Å². The number of carbonyl (C=O) groups is 1. The summed E-state index contributed by atoms with van der Waals surface area (Å²) in [6.07, 6.45) is 0. The number of benzene rings is 2. The molecule has 7 nitrogen and oxygen atoms in total. The minimum atomic E-state index is -0.470. The Labute approximate surface area is 153 Å². The number of amides is 1. The van der Waals surface area contributed by atoms with Gasteiger partial charge < -0.3 is 10.1 Å². The summed E-state index contributed by atoms with van der Waals surface area (Å²) in [5.41, 5.74) is 1.59. The molecule has 1 aromatic heterocycles. The SMILES string of the molecule is COc1ccccc1-n1nnnc1SCC(=O)Nc1ccc(C)cc1F. The van der Waals surface area contributed by atoms with Crippen LogP contribution in [-0.2, 0) is 4.79 Å². The number of para-hydroxylation sites is 2. The van der Waals surface area contributed by atoms with Gasteiger partial charge in [0, 0.05) is 0 Å². The molecule has 1 heterocycles. The fourth-order valence-corrected chi connectivity index (χ4v) is 2.95. The quantitative estimate of drug-likeness (QED) is 0.669. The monoisotopic (exact) mass is 373 g/mol.